The Hall–Kier alpha value is -0.940. The molecule has 2 rings (SSSR count). The van der Waals surface area contributed by atoms with Crippen molar-refractivity contribution in [2.24, 2.45) is 5.73 Å². The van der Waals surface area contributed by atoms with E-state index in [1.807, 2.05) is 0 Å². The first-order valence-corrected chi connectivity index (χ1v) is 4.47. The van der Waals surface area contributed by atoms with Crippen LogP contribution in [0.1, 0.15) is 30.7 Å². The van der Waals surface area contributed by atoms with E-state index in [9.17, 15) is 0 Å². The van der Waals surface area contributed by atoms with Crippen molar-refractivity contribution < 1.29 is 4.74 Å². The normalized spacial score (nSPS) is 18.9. The lowest BCUT2D eigenvalue weighted by Crippen LogP contribution is -2.20. The summed E-state index contributed by atoms with van der Waals surface area (Å²) in [5.41, 5.74) is 5.87. The van der Waals surface area contributed by atoms with Crippen LogP contribution in [0.3, 0.4) is 0 Å². The van der Waals surface area contributed by atoms with Crippen molar-refractivity contribution in [2.45, 2.75) is 24.9 Å². The number of ether oxygens (including phenoxy) is 1. The van der Waals surface area contributed by atoms with Gasteiger partial charge >= 0.3 is 0 Å². The maximum absolute atomic E-state index is 5.87. The molecule has 5 nitrogen and oxygen atoms in total. The molecule has 72 valence electrons. The lowest BCUT2D eigenvalue weighted by Gasteiger charge is -2.10. The molecule has 1 atom stereocenters. The fourth-order valence-corrected chi connectivity index (χ4v) is 1.41. The van der Waals surface area contributed by atoms with Crippen molar-refractivity contribution >= 4 is 0 Å². The fraction of sp³-hybridized carbons (Fsp3) is 0.750. The summed E-state index contributed by atoms with van der Waals surface area (Å²) in [6, 6.07) is 0.418. The highest BCUT2D eigenvalue weighted by molar-refractivity contribution is 4.99. The number of nitrogens with zero attached hydrogens (tertiary/aromatic N) is 3. The molecule has 2 N–H and O–H groups in total. The Bertz CT molecular complexity index is 281. The average molecular weight is 182 g/mol. The summed E-state index contributed by atoms with van der Waals surface area (Å²) >= 11 is 0. The van der Waals surface area contributed by atoms with Gasteiger partial charge in [-0.05, 0) is 12.8 Å². The topological polar surface area (TPSA) is 66.0 Å². The quantitative estimate of drug-likeness (QED) is 0.725. The van der Waals surface area contributed by atoms with Crippen molar-refractivity contribution in [3.8, 4) is 0 Å². The lowest BCUT2D eigenvalue weighted by molar-refractivity contribution is 0.176. The summed E-state index contributed by atoms with van der Waals surface area (Å²) in [4.78, 5) is 0. The summed E-state index contributed by atoms with van der Waals surface area (Å²) < 4.78 is 7.04. The van der Waals surface area contributed by atoms with Gasteiger partial charge in [-0.2, -0.15) is 0 Å². The van der Waals surface area contributed by atoms with Gasteiger partial charge in [0.05, 0.1) is 12.6 Å². The molecule has 1 aromatic heterocycles. The third-order valence-corrected chi connectivity index (χ3v) is 2.22. The van der Waals surface area contributed by atoms with E-state index in [1.54, 1.807) is 13.4 Å². The third-order valence-electron chi connectivity index (χ3n) is 2.22. The molecule has 13 heavy (non-hydrogen) atoms. The highest BCUT2D eigenvalue weighted by Gasteiger charge is 2.27. The molecule has 1 heterocycles. The Kier molecular flexibility index (Phi) is 2.28. The summed E-state index contributed by atoms with van der Waals surface area (Å²) in [5, 5.41) is 7.87. The Morgan fingerprint density at radius 1 is 1.77 bits per heavy atom. The van der Waals surface area contributed by atoms with Crippen LogP contribution in [-0.4, -0.2) is 28.5 Å². The predicted octanol–water partition coefficient (Wildman–Crippen LogP) is 0.259. The molecule has 0 radical (unpaired) electrons. The minimum Gasteiger partial charge on any atom is -0.383 e. The number of hydrogen-bond acceptors (Lipinski definition) is 4. The summed E-state index contributed by atoms with van der Waals surface area (Å²) in [5.74, 6) is 0.837. The van der Waals surface area contributed by atoms with Gasteiger partial charge in [-0.3, -0.25) is 0 Å². The van der Waals surface area contributed by atoms with Gasteiger partial charge in [0, 0.05) is 13.2 Å². The second-order valence-electron chi connectivity index (χ2n) is 3.39. The first-order valence-electron chi connectivity index (χ1n) is 4.47. The number of aromatic nitrogens is 3. The molecule has 1 aromatic rings. The van der Waals surface area contributed by atoms with Crippen LogP contribution in [0, 0.1) is 0 Å². The van der Waals surface area contributed by atoms with Gasteiger partial charge < -0.3 is 15.0 Å². The maximum Gasteiger partial charge on any atom is 0.152 e. The zero-order chi connectivity index (χ0) is 9.26. The summed E-state index contributed by atoms with van der Waals surface area (Å²) in [6.07, 6.45) is 4.18. The first kappa shape index (κ1) is 8.65. The van der Waals surface area contributed by atoms with E-state index in [-0.39, 0.29) is 6.04 Å². The molecule has 0 bridgehead atoms. The van der Waals surface area contributed by atoms with Gasteiger partial charge in [-0.15, -0.1) is 10.2 Å². The van der Waals surface area contributed by atoms with E-state index < -0.39 is 0 Å². The predicted molar refractivity (Wildman–Crippen MR) is 47.1 cm³/mol. The molecule has 0 amide bonds. The van der Waals surface area contributed by atoms with Crippen molar-refractivity contribution in [3.05, 3.63) is 12.2 Å². The SMILES string of the molecule is COCC(N)c1nncn1C1CC1. The van der Waals surface area contributed by atoms with Crippen molar-refractivity contribution in [2.75, 3.05) is 13.7 Å². The van der Waals surface area contributed by atoms with Crippen LogP contribution >= 0.6 is 0 Å². The van der Waals surface area contributed by atoms with E-state index in [0.29, 0.717) is 12.6 Å². The second kappa shape index (κ2) is 3.43. The lowest BCUT2D eigenvalue weighted by atomic mass is 10.3. The summed E-state index contributed by atoms with van der Waals surface area (Å²) in [6.45, 7) is 0.491. The Morgan fingerprint density at radius 3 is 3.15 bits per heavy atom. The highest BCUT2D eigenvalue weighted by Crippen LogP contribution is 2.35. The van der Waals surface area contributed by atoms with Gasteiger partial charge in [0.2, 0.25) is 0 Å². The average Bonchev–Trinajstić information content (AvgIpc) is 2.84. The Labute approximate surface area is 76.9 Å². The standard InChI is InChI=1S/C8H14N4O/c1-13-4-7(9)8-11-10-5-12(8)6-2-3-6/h5-7H,2-4,9H2,1H3. The van der Waals surface area contributed by atoms with Crippen LogP contribution in [0.5, 0.6) is 0 Å². The Balaban J connectivity index is 2.13. The van der Waals surface area contributed by atoms with Gasteiger partial charge in [-0.25, -0.2) is 0 Å². The number of methoxy groups -OCH3 is 1. The smallest absolute Gasteiger partial charge is 0.152 e. The van der Waals surface area contributed by atoms with Gasteiger partial charge in [0.25, 0.3) is 0 Å². The number of hydrogen-bond donors (Lipinski definition) is 1. The van der Waals surface area contributed by atoms with Crippen LogP contribution in [0.15, 0.2) is 6.33 Å². The maximum atomic E-state index is 5.87. The highest BCUT2D eigenvalue weighted by atomic mass is 16.5. The minimum absolute atomic E-state index is 0.159. The molecule has 1 unspecified atom stereocenters. The molecule has 1 aliphatic rings. The third kappa shape index (κ3) is 1.71. The van der Waals surface area contributed by atoms with Gasteiger partial charge in [-0.1, -0.05) is 0 Å². The Morgan fingerprint density at radius 2 is 2.54 bits per heavy atom. The molecular weight excluding hydrogens is 168 g/mol. The van der Waals surface area contributed by atoms with Crippen LogP contribution in [-0.2, 0) is 4.74 Å². The second-order valence-corrected chi connectivity index (χ2v) is 3.39. The van der Waals surface area contributed by atoms with Crippen LogP contribution in [0.4, 0.5) is 0 Å². The summed E-state index contributed by atoms with van der Waals surface area (Å²) in [7, 11) is 1.64. The molecule has 0 spiro atoms. The number of nitrogens with two attached hydrogens (primary N) is 1. The van der Waals surface area contributed by atoms with E-state index in [1.165, 1.54) is 12.8 Å². The largest absolute Gasteiger partial charge is 0.383 e. The molecule has 1 saturated carbocycles. The minimum atomic E-state index is -0.159. The molecule has 0 saturated heterocycles. The molecular formula is C8H14N4O. The molecule has 1 fully saturated rings. The molecule has 0 aliphatic heterocycles. The van der Waals surface area contributed by atoms with Crippen molar-refractivity contribution in [3.63, 3.8) is 0 Å². The van der Waals surface area contributed by atoms with Crippen LogP contribution < -0.4 is 5.73 Å². The van der Waals surface area contributed by atoms with Crippen molar-refractivity contribution in [1.29, 1.82) is 0 Å². The van der Waals surface area contributed by atoms with Gasteiger partial charge in [0.15, 0.2) is 5.82 Å². The van der Waals surface area contributed by atoms with Crippen LogP contribution in [0.2, 0.25) is 0 Å². The zero-order valence-corrected chi connectivity index (χ0v) is 7.68. The van der Waals surface area contributed by atoms with E-state index in [2.05, 4.69) is 14.8 Å². The monoisotopic (exact) mass is 182 g/mol. The number of rotatable bonds is 4. The molecule has 0 aromatic carbocycles. The van der Waals surface area contributed by atoms with Gasteiger partial charge in [0.1, 0.15) is 6.33 Å². The first-order chi connectivity index (χ1) is 6.33. The van der Waals surface area contributed by atoms with Crippen LogP contribution in [0.25, 0.3) is 0 Å². The van der Waals surface area contributed by atoms with E-state index >= 15 is 0 Å². The molecule has 5 heteroatoms. The fourth-order valence-electron chi connectivity index (χ4n) is 1.41. The van der Waals surface area contributed by atoms with E-state index in [4.69, 9.17) is 10.5 Å². The van der Waals surface area contributed by atoms with Crippen molar-refractivity contribution in [1.82, 2.24) is 14.8 Å². The molecule has 1 aliphatic carbocycles. The van der Waals surface area contributed by atoms with E-state index in [0.717, 1.165) is 5.82 Å². The zero-order valence-electron chi connectivity index (χ0n) is 7.68.